The number of carbonyl (C=O) groups is 2. The van der Waals surface area contributed by atoms with E-state index in [9.17, 15) is 9.59 Å². The Morgan fingerprint density at radius 2 is 1.94 bits per heavy atom. The smallest absolute Gasteiger partial charge is 0.323 e. The van der Waals surface area contributed by atoms with E-state index in [1.807, 2.05) is 0 Å². The highest BCUT2D eigenvalue weighted by atomic mass is 35.5. The van der Waals surface area contributed by atoms with E-state index in [4.69, 9.17) is 16.7 Å². The van der Waals surface area contributed by atoms with Crippen molar-refractivity contribution in [3.63, 3.8) is 0 Å². The van der Waals surface area contributed by atoms with Crippen LogP contribution in [0.2, 0.25) is 5.02 Å². The molecule has 1 aromatic carbocycles. The summed E-state index contributed by atoms with van der Waals surface area (Å²) in [5.41, 5.74) is 0.478. The second-order valence-corrected chi connectivity index (χ2v) is 3.45. The third-order valence-electron chi connectivity index (χ3n) is 1.89. The minimum absolute atomic E-state index is 0.401. The highest BCUT2D eigenvalue weighted by Crippen LogP contribution is 2.17. The lowest BCUT2D eigenvalue weighted by atomic mass is 10.3. The zero-order valence-electron chi connectivity index (χ0n) is 8.61. The van der Waals surface area contributed by atoms with Crippen LogP contribution >= 0.6 is 11.6 Å². The molecule has 0 aliphatic carbocycles. The molecular weight excluding hydrogens is 232 g/mol. The number of amides is 2. The summed E-state index contributed by atoms with van der Waals surface area (Å²) < 4.78 is 0. The Morgan fingerprint density at radius 1 is 1.38 bits per heavy atom. The van der Waals surface area contributed by atoms with E-state index in [1.165, 1.54) is 7.05 Å². The number of halogens is 1. The Kier molecular flexibility index (Phi) is 4.13. The average molecular weight is 243 g/mol. The summed E-state index contributed by atoms with van der Waals surface area (Å²) in [4.78, 5) is 23.2. The van der Waals surface area contributed by atoms with Gasteiger partial charge in [0.15, 0.2) is 0 Å². The maximum atomic E-state index is 11.5. The second-order valence-electron chi connectivity index (χ2n) is 3.01. The molecular formula is C10H11ClN2O3. The Labute approximate surface area is 97.6 Å². The summed E-state index contributed by atoms with van der Waals surface area (Å²) in [5.74, 6) is -1.08. The number of nitrogens with zero attached hydrogens (tertiary/aromatic N) is 1. The summed E-state index contributed by atoms with van der Waals surface area (Å²) in [6, 6.07) is 5.87. The maximum absolute atomic E-state index is 11.5. The summed E-state index contributed by atoms with van der Waals surface area (Å²) in [7, 11) is 1.44. The van der Waals surface area contributed by atoms with Gasteiger partial charge in [-0.3, -0.25) is 9.69 Å². The van der Waals surface area contributed by atoms with Crippen LogP contribution in [-0.2, 0) is 4.79 Å². The van der Waals surface area contributed by atoms with Crippen molar-refractivity contribution in [1.82, 2.24) is 5.32 Å². The number of nitrogens with one attached hydrogen (secondary N) is 1. The fourth-order valence-corrected chi connectivity index (χ4v) is 1.30. The molecule has 0 atom stereocenters. The first-order chi connectivity index (χ1) is 7.54. The number of hydrogen-bond acceptors (Lipinski definition) is 2. The molecule has 0 fully saturated rings. The second kappa shape index (κ2) is 5.37. The predicted octanol–water partition coefficient (Wildman–Crippen LogP) is 1.57. The Morgan fingerprint density at radius 3 is 2.38 bits per heavy atom. The number of rotatable bonds is 3. The van der Waals surface area contributed by atoms with Crippen LogP contribution in [0.4, 0.5) is 10.5 Å². The van der Waals surface area contributed by atoms with E-state index in [0.29, 0.717) is 10.7 Å². The van der Waals surface area contributed by atoms with Crippen molar-refractivity contribution in [2.45, 2.75) is 0 Å². The van der Waals surface area contributed by atoms with Gasteiger partial charge in [0.2, 0.25) is 0 Å². The van der Waals surface area contributed by atoms with E-state index in [0.717, 1.165) is 4.90 Å². The van der Waals surface area contributed by atoms with E-state index in [-0.39, 0.29) is 0 Å². The zero-order chi connectivity index (χ0) is 12.1. The van der Waals surface area contributed by atoms with Crippen molar-refractivity contribution in [2.75, 3.05) is 18.5 Å². The molecule has 1 rings (SSSR count). The van der Waals surface area contributed by atoms with Crippen molar-refractivity contribution in [3.8, 4) is 0 Å². The van der Waals surface area contributed by atoms with E-state index < -0.39 is 18.5 Å². The fraction of sp³-hybridized carbons (Fsp3) is 0.200. The molecule has 0 bridgehead atoms. The molecule has 0 heterocycles. The minimum atomic E-state index is -1.08. The normalized spacial score (nSPS) is 9.62. The molecule has 86 valence electrons. The minimum Gasteiger partial charge on any atom is -0.480 e. The van der Waals surface area contributed by atoms with Gasteiger partial charge in [0.25, 0.3) is 0 Å². The van der Waals surface area contributed by atoms with Crippen molar-refractivity contribution < 1.29 is 14.7 Å². The van der Waals surface area contributed by atoms with Crippen LogP contribution < -0.4 is 10.2 Å². The first-order valence-corrected chi connectivity index (χ1v) is 4.89. The van der Waals surface area contributed by atoms with Crippen molar-refractivity contribution >= 4 is 29.3 Å². The van der Waals surface area contributed by atoms with Gasteiger partial charge in [0.1, 0.15) is 6.54 Å². The lowest BCUT2D eigenvalue weighted by molar-refractivity contribution is -0.135. The van der Waals surface area contributed by atoms with Gasteiger partial charge in [-0.1, -0.05) is 11.6 Å². The van der Waals surface area contributed by atoms with Gasteiger partial charge < -0.3 is 10.4 Å². The molecule has 2 amide bonds. The maximum Gasteiger partial charge on any atom is 0.323 e. The molecule has 0 aliphatic heterocycles. The van der Waals surface area contributed by atoms with Gasteiger partial charge in [-0.2, -0.15) is 0 Å². The lowest BCUT2D eigenvalue weighted by Crippen LogP contribution is -2.41. The van der Waals surface area contributed by atoms with Gasteiger partial charge in [0, 0.05) is 17.8 Å². The van der Waals surface area contributed by atoms with E-state index in [2.05, 4.69) is 5.32 Å². The van der Waals surface area contributed by atoms with Crippen LogP contribution in [0.25, 0.3) is 0 Å². The number of anilines is 1. The Hall–Kier alpha value is -1.75. The van der Waals surface area contributed by atoms with E-state index >= 15 is 0 Å². The van der Waals surface area contributed by atoms with Gasteiger partial charge >= 0.3 is 12.0 Å². The number of carboxylic acid groups (broad SMARTS) is 1. The molecule has 5 nitrogen and oxygen atoms in total. The van der Waals surface area contributed by atoms with Crippen molar-refractivity contribution in [2.24, 2.45) is 0 Å². The number of urea groups is 1. The van der Waals surface area contributed by atoms with Crippen LogP contribution in [0.1, 0.15) is 0 Å². The molecule has 0 aromatic heterocycles. The first-order valence-electron chi connectivity index (χ1n) is 4.51. The van der Waals surface area contributed by atoms with E-state index in [1.54, 1.807) is 24.3 Å². The quantitative estimate of drug-likeness (QED) is 0.845. The zero-order valence-corrected chi connectivity index (χ0v) is 9.36. The van der Waals surface area contributed by atoms with Crippen LogP contribution in [0.5, 0.6) is 0 Å². The molecule has 0 aliphatic rings. The Balaban J connectivity index is 2.96. The van der Waals surface area contributed by atoms with Gasteiger partial charge in [-0.05, 0) is 24.3 Å². The summed E-state index contributed by atoms with van der Waals surface area (Å²) in [5, 5.41) is 11.6. The summed E-state index contributed by atoms with van der Waals surface area (Å²) in [6.45, 7) is -0.401. The molecule has 0 radical (unpaired) electrons. The van der Waals surface area contributed by atoms with Crippen molar-refractivity contribution in [3.05, 3.63) is 29.3 Å². The molecule has 0 saturated carbocycles. The van der Waals surface area contributed by atoms with Crippen LogP contribution in [0.15, 0.2) is 24.3 Å². The van der Waals surface area contributed by atoms with Gasteiger partial charge in [-0.15, -0.1) is 0 Å². The SMILES string of the molecule is CNC(=O)N(CC(=O)O)c1ccc(Cl)cc1. The third-order valence-corrected chi connectivity index (χ3v) is 2.14. The molecule has 6 heteroatoms. The molecule has 0 saturated heterocycles. The number of aliphatic carboxylic acids is 1. The van der Waals surface area contributed by atoms with Crippen LogP contribution in [-0.4, -0.2) is 30.7 Å². The molecule has 16 heavy (non-hydrogen) atoms. The average Bonchev–Trinajstić information content (AvgIpc) is 2.26. The molecule has 0 unspecified atom stereocenters. The fourth-order valence-electron chi connectivity index (χ4n) is 1.17. The van der Waals surface area contributed by atoms with Gasteiger partial charge in [0.05, 0.1) is 0 Å². The van der Waals surface area contributed by atoms with Crippen LogP contribution in [0, 0.1) is 0 Å². The standard InChI is InChI=1S/C10H11ClN2O3/c1-12-10(16)13(6-9(14)15)8-4-2-7(11)3-5-8/h2-5H,6H2,1H3,(H,12,16)(H,14,15). The monoisotopic (exact) mass is 242 g/mol. The lowest BCUT2D eigenvalue weighted by Gasteiger charge is -2.20. The Bertz CT molecular complexity index is 392. The third kappa shape index (κ3) is 3.13. The van der Waals surface area contributed by atoms with Gasteiger partial charge in [-0.25, -0.2) is 4.79 Å². The molecule has 2 N–H and O–H groups in total. The number of benzene rings is 1. The number of carbonyl (C=O) groups excluding carboxylic acids is 1. The largest absolute Gasteiger partial charge is 0.480 e. The summed E-state index contributed by atoms with van der Waals surface area (Å²) >= 11 is 5.70. The molecule has 0 spiro atoms. The highest BCUT2D eigenvalue weighted by molar-refractivity contribution is 6.30. The first kappa shape index (κ1) is 12.3. The summed E-state index contributed by atoms with van der Waals surface area (Å²) in [6.07, 6.45) is 0. The molecule has 1 aromatic rings. The topological polar surface area (TPSA) is 69.6 Å². The number of carboxylic acids is 1. The predicted molar refractivity (Wildman–Crippen MR) is 60.9 cm³/mol. The van der Waals surface area contributed by atoms with Crippen LogP contribution in [0.3, 0.4) is 0 Å². The van der Waals surface area contributed by atoms with Crippen molar-refractivity contribution in [1.29, 1.82) is 0 Å². The number of hydrogen-bond donors (Lipinski definition) is 2. The highest BCUT2D eigenvalue weighted by Gasteiger charge is 2.17.